The van der Waals surface area contributed by atoms with Gasteiger partial charge in [0.05, 0.1) is 9.82 Å². The molecule has 13 heteroatoms. The fourth-order valence-corrected chi connectivity index (χ4v) is 3.80. The minimum Gasteiger partial charge on any atom is -0.486 e. The molecule has 2 aromatic carbocycles. The number of furan rings is 1. The molecular weight excluding hydrogens is 478 g/mol. The van der Waals surface area contributed by atoms with E-state index in [-0.39, 0.29) is 28.9 Å². The summed E-state index contributed by atoms with van der Waals surface area (Å²) >= 11 is 0. The Labute approximate surface area is 198 Å². The van der Waals surface area contributed by atoms with E-state index in [1.165, 1.54) is 67.0 Å². The smallest absolute Gasteiger partial charge is 0.291 e. The van der Waals surface area contributed by atoms with Crippen LogP contribution in [0.25, 0.3) is 0 Å². The Kier molecular flexibility index (Phi) is 6.69. The zero-order chi connectivity index (χ0) is 24.8. The van der Waals surface area contributed by atoms with Crippen LogP contribution < -0.4 is 14.8 Å². The van der Waals surface area contributed by atoms with Gasteiger partial charge in [-0.15, -0.1) is 0 Å². The molecule has 0 saturated carbocycles. The van der Waals surface area contributed by atoms with Gasteiger partial charge in [-0.25, -0.2) is 23.1 Å². The number of nitrogens with zero attached hydrogens (tertiary/aromatic N) is 3. The standard InChI is InChI=1S/C22H17N5O7S/c28-21(20-11-8-18(34-20)14-33-17-6-4-16(5-7-17)27(29)30)25-15-2-9-19(10-3-15)35(31,32)26-22-23-12-1-13-24-22/h1-13H,14H2,(H,25,28)(H,23,24,26). The Bertz CT molecular complexity index is 1440. The van der Waals surface area contributed by atoms with Crippen LogP contribution in [0, 0.1) is 10.1 Å². The third-order valence-electron chi connectivity index (χ3n) is 4.53. The average molecular weight is 495 g/mol. The van der Waals surface area contributed by atoms with Crippen molar-refractivity contribution < 1.29 is 27.3 Å². The van der Waals surface area contributed by atoms with Gasteiger partial charge in [-0.2, -0.15) is 0 Å². The maximum absolute atomic E-state index is 12.5. The molecule has 4 aromatic rings. The van der Waals surface area contributed by atoms with Crippen molar-refractivity contribution in [2.75, 3.05) is 10.0 Å². The lowest BCUT2D eigenvalue weighted by Gasteiger charge is -2.08. The average Bonchev–Trinajstić information content (AvgIpc) is 3.33. The number of carbonyl (C=O) groups excluding carboxylic acids is 1. The minimum atomic E-state index is -3.90. The summed E-state index contributed by atoms with van der Waals surface area (Å²) in [5.74, 6) is 0.187. The molecule has 4 rings (SSSR count). The monoisotopic (exact) mass is 495 g/mol. The lowest BCUT2D eigenvalue weighted by Crippen LogP contribution is -2.15. The van der Waals surface area contributed by atoms with Crippen LogP contribution in [-0.2, 0) is 16.6 Å². The fraction of sp³-hybridized carbons (Fsp3) is 0.0455. The van der Waals surface area contributed by atoms with Crippen molar-refractivity contribution >= 4 is 33.3 Å². The van der Waals surface area contributed by atoms with Crippen molar-refractivity contribution in [1.29, 1.82) is 0 Å². The second kappa shape index (κ2) is 10.0. The lowest BCUT2D eigenvalue weighted by atomic mass is 10.3. The van der Waals surface area contributed by atoms with Crippen LogP contribution in [0.5, 0.6) is 5.75 Å². The number of benzene rings is 2. The quantitative estimate of drug-likeness (QED) is 0.260. The summed E-state index contributed by atoms with van der Waals surface area (Å²) in [7, 11) is -3.90. The van der Waals surface area contributed by atoms with E-state index in [1.54, 1.807) is 12.1 Å². The van der Waals surface area contributed by atoms with E-state index in [4.69, 9.17) is 9.15 Å². The molecule has 0 fully saturated rings. The van der Waals surface area contributed by atoms with E-state index in [1.807, 2.05) is 0 Å². The van der Waals surface area contributed by atoms with Crippen molar-refractivity contribution in [3.05, 3.63) is 101 Å². The first-order valence-electron chi connectivity index (χ1n) is 9.97. The summed E-state index contributed by atoms with van der Waals surface area (Å²) < 4.78 is 38.1. The van der Waals surface area contributed by atoms with Gasteiger partial charge in [-0.3, -0.25) is 14.9 Å². The Morgan fingerprint density at radius 2 is 1.69 bits per heavy atom. The topological polar surface area (TPSA) is 167 Å². The van der Waals surface area contributed by atoms with E-state index < -0.39 is 20.9 Å². The van der Waals surface area contributed by atoms with Crippen molar-refractivity contribution in [2.24, 2.45) is 0 Å². The second-order valence-electron chi connectivity index (χ2n) is 6.96. The highest BCUT2D eigenvalue weighted by Crippen LogP contribution is 2.20. The van der Waals surface area contributed by atoms with Crippen LogP contribution >= 0.6 is 0 Å². The highest BCUT2D eigenvalue weighted by Gasteiger charge is 2.17. The molecule has 0 aliphatic carbocycles. The molecule has 0 aliphatic rings. The number of aromatic nitrogens is 2. The molecule has 2 N–H and O–H groups in total. The number of hydrogen-bond acceptors (Lipinski definition) is 9. The van der Waals surface area contributed by atoms with Gasteiger partial charge in [0.15, 0.2) is 5.76 Å². The van der Waals surface area contributed by atoms with Crippen molar-refractivity contribution in [1.82, 2.24) is 9.97 Å². The van der Waals surface area contributed by atoms with Crippen LogP contribution in [0.15, 0.2) is 88.4 Å². The zero-order valence-electron chi connectivity index (χ0n) is 17.8. The first kappa shape index (κ1) is 23.4. The van der Waals surface area contributed by atoms with Crippen LogP contribution in [0.4, 0.5) is 17.3 Å². The molecule has 0 atom stereocenters. The summed E-state index contributed by atoms with van der Waals surface area (Å²) in [5, 5.41) is 13.3. The van der Waals surface area contributed by atoms with E-state index in [0.717, 1.165) is 0 Å². The van der Waals surface area contributed by atoms with Crippen LogP contribution in [-0.4, -0.2) is 29.2 Å². The fourth-order valence-electron chi connectivity index (χ4n) is 2.84. The number of nitro groups is 1. The summed E-state index contributed by atoms with van der Waals surface area (Å²) in [4.78, 5) is 30.3. The molecule has 0 aliphatic heterocycles. The molecule has 0 unspecified atom stereocenters. The van der Waals surface area contributed by atoms with E-state index in [0.29, 0.717) is 17.2 Å². The van der Waals surface area contributed by atoms with Crippen molar-refractivity contribution in [3.8, 4) is 5.75 Å². The van der Waals surface area contributed by atoms with Gasteiger partial charge in [0.1, 0.15) is 18.1 Å². The predicted molar refractivity (Wildman–Crippen MR) is 123 cm³/mol. The van der Waals surface area contributed by atoms with Gasteiger partial charge in [0.25, 0.3) is 21.6 Å². The van der Waals surface area contributed by atoms with Crippen LogP contribution in [0.1, 0.15) is 16.3 Å². The van der Waals surface area contributed by atoms with Crippen molar-refractivity contribution in [2.45, 2.75) is 11.5 Å². The summed E-state index contributed by atoms with van der Waals surface area (Å²) in [6.07, 6.45) is 2.82. The molecule has 0 saturated heterocycles. The SMILES string of the molecule is O=C(Nc1ccc(S(=O)(=O)Nc2ncccn2)cc1)c1ccc(COc2ccc([N+](=O)[O-])cc2)o1. The Balaban J connectivity index is 1.34. The van der Waals surface area contributed by atoms with Gasteiger partial charge < -0.3 is 14.5 Å². The number of carbonyl (C=O) groups is 1. The van der Waals surface area contributed by atoms with Crippen LogP contribution in [0.3, 0.4) is 0 Å². The predicted octanol–water partition coefficient (Wildman–Crippen LogP) is 3.61. The molecule has 0 bridgehead atoms. The molecule has 0 radical (unpaired) electrons. The molecule has 2 aromatic heterocycles. The van der Waals surface area contributed by atoms with Gasteiger partial charge >= 0.3 is 0 Å². The molecule has 12 nitrogen and oxygen atoms in total. The van der Waals surface area contributed by atoms with Crippen LogP contribution in [0.2, 0.25) is 0 Å². The summed E-state index contributed by atoms with van der Waals surface area (Å²) in [6.45, 7) is 0.00970. The summed E-state index contributed by atoms with van der Waals surface area (Å²) in [6, 6.07) is 15.7. The lowest BCUT2D eigenvalue weighted by molar-refractivity contribution is -0.384. The van der Waals surface area contributed by atoms with Gasteiger partial charge in [0.2, 0.25) is 5.95 Å². The molecule has 0 spiro atoms. The maximum atomic E-state index is 12.5. The number of sulfonamides is 1. The maximum Gasteiger partial charge on any atom is 0.291 e. The molecular formula is C22H17N5O7S. The Morgan fingerprint density at radius 3 is 2.34 bits per heavy atom. The second-order valence-corrected chi connectivity index (χ2v) is 8.64. The zero-order valence-corrected chi connectivity index (χ0v) is 18.6. The van der Waals surface area contributed by atoms with Gasteiger partial charge in [-0.1, -0.05) is 0 Å². The molecule has 1 amide bonds. The molecule has 2 heterocycles. The number of nitro benzene ring substituents is 1. The highest BCUT2D eigenvalue weighted by molar-refractivity contribution is 7.92. The number of rotatable bonds is 9. The normalized spacial score (nSPS) is 11.0. The number of ether oxygens (including phenoxy) is 1. The first-order chi connectivity index (χ1) is 16.8. The third kappa shape index (κ3) is 5.97. The third-order valence-corrected chi connectivity index (χ3v) is 5.87. The molecule has 178 valence electrons. The molecule has 35 heavy (non-hydrogen) atoms. The Morgan fingerprint density at radius 1 is 1.00 bits per heavy atom. The van der Waals surface area contributed by atoms with Gasteiger partial charge in [-0.05, 0) is 54.6 Å². The van der Waals surface area contributed by atoms with E-state index >= 15 is 0 Å². The number of amides is 1. The summed E-state index contributed by atoms with van der Waals surface area (Å²) in [5.41, 5.74) is 0.298. The van der Waals surface area contributed by atoms with Gasteiger partial charge in [0, 0.05) is 30.2 Å². The number of nitrogens with one attached hydrogen (secondary N) is 2. The number of anilines is 2. The Hall–Kier alpha value is -4.78. The van der Waals surface area contributed by atoms with Crippen molar-refractivity contribution in [3.63, 3.8) is 0 Å². The minimum absolute atomic E-state index is 0.00970. The highest BCUT2D eigenvalue weighted by atomic mass is 32.2. The van der Waals surface area contributed by atoms with E-state index in [2.05, 4.69) is 20.0 Å². The largest absolute Gasteiger partial charge is 0.486 e. The number of hydrogen-bond donors (Lipinski definition) is 2. The van der Waals surface area contributed by atoms with E-state index in [9.17, 15) is 23.3 Å². The number of non-ortho nitro benzene ring substituents is 1. The first-order valence-corrected chi connectivity index (χ1v) is 11.5.